The smallest absolute Gasteiger partial charge is 0.258 e. The van der Waals surface area contributed by atoms with Crippen LogP contribution in [0.2, 0.25) is 0 Å². The lowest BCUT2D eigenvalue weighted by atomic mass is 10.1. The first-order valence-electron chi connectivity index (χ1n) is 13.8. The van der Waals surface area contributed by atoms with Crippen molar-refractivity contribution in [1.82, 2.24) is 9.47 Å². The highest BCUT2D eigenvalue weighted by atomic mass is 16.5. The van der Waals surface area contributed by atoms with Crippen LogP contribution in [0.15, 0.2) is 52.3 Å². The molecule has 1 heterocycles. The van der Waals surface area contributed by atoms with Crippen molar-refractivity contribution >= 4 is 35.2 Å². The lowest BCUT2D eigenvalue weighted by Gasteiger charge is -2.24. The molecule has 41 heavy (non-hydrogen) atoms. The average molecular weight is 561 g/mol. The summed E-state index contributed by atoms with van der Waals surface area (Å²) < 4.78 is 12.7. The number of rotatable bonds is 11. The summed E-state index contributed by atoms with van der Waals surface area (Å²) in [5.41, 5.74) is 10.1. The van der Waals surface area contributed by atoms with E-state index in [1.807, 2.05) is 70.5 Å². The van der Waals surface area contributed by atoms with E-state index >= 15 is 0 Å². The van der Waals surface area contributed by atoms with Crippen LogP contribution in [0, 0.1) is 0 Å². The van der Waals surface area contributed by atoms with Crippen molar-refractivity contribution in [2.45, 2.75) is 26.7 Å². The standard InChI is InChI=1S/C32H44N6O3/c1-9-10-11-29-24(18-26(32(39)38(29)6)23-12-14-25(40-7)15-13-23)21-34-22(2)35-28-19-27(33)30(20-31(28)41-8)37(5)17-16-36(3)4/h11-15,18-21H,9-10,16-17,33H2,1-8H3,(H,34,35)/b24-21-,29-11-. The van der Waals surface area contributed by atoms with Gasteiger partial charge in [0.05, 0.1) is 31.3 Å². The molecule has 0 amide bonds. The third-order valence-corrected chi connectivity index (χ3v) is 6.87. The molecule has 0 aliphatic rings. The maximum absolute atomic E-state index is 13.3. The van der Waals surface area contributed by atoms with Crippen LogP contribution < -0.4 is 41.6 Å². The Morgan fingerprint density at radius 3 is 2.39 bits per heavy atom. The second kappa shape index (κ2) is 14.4. The Morgan fingerprint density at radius 2 is 1.78 bits per heavy atom. The Bertz CT molecular complexity index is 1540. The number of pyridine rings is 1. The summed E-state index contributed by atoms with van der Waals surface area (Å²) in [6.07, 6.45) is 5.69. The number of benzene rings is 2. The molecule has 3 N–H and O–H groups in total. The summed E-state index contributed by atoms with van der Waals surface area (Å²) in [6.45, 7) is 5.73. The largest absolute Gasteiger partial charge is 0.497 e. The zero-order valence-corrected chi connectivity index (χ0v) is 25.6. The van der Waals surface area contributed by atoms with E-state index in [-0.39, 0.29) is 5.56 Å². The van der Waals surface area contributed by atoms with Crippen molar-refractivity contribution in [1.29, 1.82) is 0 Å². The lowest BCUT2D eigenvalue weighted by Crippen LogP contribution is -2.42. The van der Waals surface area contributed by atoms with Gasteiger partial charge in [-0.15, -0.1) is 0 Å². The van der Waals surface area contributed by atoms with Crippen LogP contribution in [-0.2, 0) is 7.05 Å². The topological polar surface area (TPSA) is 97.4 Å². The minimum atomic E-state index is -0.0654. The Labute approximate surface area is 243 Å². The molecule has 2 aromatic carbocycles. The summed E-state index contributed by atoms with van der Waals surface area (Å²) in [6, 6.07) is 13.2. The van der Waals surface area contributed by atoms with Crippen LogP contribution in [0.4, 0.5) is 17.1 Å². The molecule has 0 aliphatic heterocycles. The highest BCUT2D eigenvalue weighted by molar-refractivity contribution is 5.97. The molecule has 0 spiro atoms. The minimum absolute atomic E-state index is 0.0654. The Balaban J connectivity index is 2.02. The van der Waals surface area contributed by atoms with Gasteiger partial charge in [0.2, 0.25) is 0 Å². The molecule has 0 unspecified atom stereocenters. The molecule has 0 atom stereocenters. The Kier molecular flexibility index (Phi) is 11.0. The summed E-state index contributed by atoms with van der Waals surface area (Å²) in [5, 5.41) is 5.01. The number of nitrogen functional groups attached to an aromatic ring is 1. The van der Waals surface area contributed by atoms with Crippen molar-refractivity contribution in [3.8, 4) is 22.6 Å². The zero-order valence-electron chi connectivity index (χ0n) is 25.6. The predicted molar refractivity (Wildman–Crippen MR) is 173 cm³/mol. The number of aromatic nitrogens is 1. The van der Waals surface area contributed by atoms with Crippen molar-refractivity contribution in [2.75, 3.05) is 64.4 Å². The van der Waals surface area contributed by atoms with Gasteiger partial charge in [-0.3, -0.25) is 4.79 Å². The second-order valence-corrected chi connectivity index (χ2v) is 10.3. The summed E-state index contributed by atoms with van der Waals surface area (Å²) in [5.74, 6) is 2.06. The van der Waals surface area contributed by atoms with Crippen LogP contribution in [0.3, 0.4) is 0 Å². The number of aliphatic imine (C=N–C) groups is 1. The number of nitrogens with one attached hydrogen (secondary N) is 1. The third kappa shape index (κ3) is 7.91. The van der Waals surface area contributed by atoms with Gasteiger partial charge in [0.25, 0.3) is 5.56 Å². The van der Waals surface area contributed by atoms with Gasteiger partial charge >= 0.3 is 0 Å². The van der Waals surface area contributed by atoms with E-state index in [0.717, 1.165) is 59.2 Å². The summed E-state index contributed by atoms with van der Waals surface area (Å²) in [4.78, 5) is 22.3. The Morgan fingerprint density at radius 1 is 1.07 bits per heavy atom. The van der Waals surface area contributed by atoms with Crippen LogP contribution >= 0.6 is 0 Å². The fourth-order valence-electron chi connectivity index (χ4n) is 4.44. The van der Waals surface area contributed by atoms with Gasteiger partial charge in [0.1, 0.15) is 17.3 Å². The monoisotopic (exact) mass is 560 g/mol. The normalized spacial score (nSPS) is 12.7. The van der Waals surface area contributed by atoms with E-state index in [4.69, 9.17) is 20.2 Å². The maximum Gasteiger partial charge on any atom is 0.258 e. The van der Waals surface area contributed by atoms with Crippen LogP contribution in [0.5, 0.6) is 11.5 Å². The van der Waals surface area contributed by atoms with Gasteiger partial charge in [0, 0.05) is 55.6 Å². The molecule has 0 radical (unpaired) electrons. The lowest BCUT2D eigenvalue weighted by molar-refractivity contribution is 0.413. The average Bonchev–Trinajstić information content (AvgIpc) is 2.96. The summed E-state index contributed by atoms with van der Waals surface area (Å²) in [7, 11) is 11.2. The molecule has 9 nitrogen and oxygen atoms in total. The number of amidine groups is 1. The molecule has 220 valence electrons. The fraction of sp³-hybridized carbons (Fsp3) is 0.375. The number of hydrogen-bond donors (Lipinski definition) is 2. The van der Waals surface area contributed by atoms with Gasteiger partial charge in [-0.2, -0.15) is 0 Å². The number of hydrogen-bond acceptors (Lipinski definition) is 7. The Hall–Kier alpha value is -4.24. The number of nitrogens with zero attached hydrogens (tertiary/aromatic N) is 4. The van der Waals surface area contributed by atoms with Crippen LogP contribution in [0.1, 0.15) is 26.7 Å². The molecule has 0 saturated heterocycles. The number of likely N-dealkylation sites (N-methyl/N-ethyl adjacent to an activating group) is 2. The number of unbranched alkanes of at least 4 members (excludes halogenated alkanes) is 1. The van der Waals surface area contributed by atoms with Gasteiger partial charge < -0.3 is 34.9 Å². The quantitative estimate of drug-likeness (QED) is 0.211. The van der Waals surface area contributed by atoms with Gasteiger partial charge in [-0.1, -0.05) is 31.6 Å². The molecule has 0 bridgehead atoms. The number of nitrogens with two attached hydrogens (primary N) is 1. The molecule has 0 fully saturated rings. The number of methoxy groups -OCH3 is 2. The SMILES string of the molecule is CCC/C=c1/c(=C\N=C(C)Nc2cc(N)c(N(C)CCN(C)C)cc2OC)cc(-c2ccc(OC)cc2)c(=O)n1C. The fourth-order valence-corrected chi connectivity index (χ4v) is 4.44. The van der Waals surface area contributed by atoms with Crippen molar-refractivity contribution in [3.63, 3.8) is 0 Å². The van der Waals surface area contributed by atoms with Crippen molar-refractivity contribution < 1.29 is 9.47 Å². The van der Waals surface area contributed by atoms with E-state index in [2.05, 4.69) is 28.1 Å². The van der Waals surface area contributed by atoms with E-state index in [9.17, 15) is 4.79 Å². The van der Waals surface area contributed by atoms with Crippen LogP contribution in [0.25, 0.3) is 23.4 Å². The van der Waals surface area contributed by atoms with E-state index < -0.39 is 0 Å². The molecule has 0 saturated carbocycles. The molecule has 3 aromatic rings. The summed E-state index contributed by atoms with van der Waals surface area (Å²) >= 11 is 0. The van der Waals surface area contributed by atoms with Crippen molar-refractivity contribution in [3.05, 3.63) is 63.4 Å². The second-order valence-electron chi connectivity index (χ2n) is 10.3. The molecular formula is C32H44N6O3. The first-order chi connectivity index (χ1) is 19.6. The van der Waals surface area contributed by atoms with Crippen LogP contribution in [-0.4, -0.2) is 63.8 Å². The molecule has 1 aromatic heterocycles. The van der Waals surface area contributed by atoms with E-state index in [0.29, 0.717) is 22.8 Å². The zero-order chi connectivity index (χ0) is 30.1. The number of anilines is 3. The third-order valence-electron chi connectivity index (χ3n) is 6.87. The number of ether oxygens (including phenoxy) is 2. The van der Waals surface area contributed by atoms with Gasteiger partial charge in [-0.05, 0) is 57.3 Å². The highest BCUT2D eigenvalue weighted by Gasteiger charge is 2.13. The first kappa shape index (κ1) is 31.3. The van der Waals surface area contributed by atoms with Crippen molar-refractivity contribution in [2.24, 2.45) is 12.0 Å². The maximum atomic E-state index is 13.3. The molecule has 0 aliphatic carbocycles. The molecular weight excluding hydrogens is 516 g/mol. The van der Waals surface area contributed by atoms with Gasteiger partial charge in [-0.25, -0.2) is 4.99 Å². The van der Waals surface area contributed by atoms with E-state index in [1.165, 1.54) is 0 Å². The first-order valence-corrected chi connectivity index (χ1v) is 13.8. The van der Waals surface area contributed by atoms with Gasteiger partial charge in [0.15, 0.2) is 0 Å². The highest BCUT2D eigenvalue weighted by Crippen LogP contribution is 2.35. The minimum Gasteiger partial charge on any atom is -0.497 e. The predicted octanol–water partition coefficient (Wildman–Crippen LogP) is 3.50. The molecule has 9 heteroatoms. The van der Waals surface area contributed by atoms with E-state index in [1.54, 1.807) is 32.0 Å². The molecule has 3 rings (SSSR count).